The van der Waals surface area contributed by atoms with Crippen LogP contribution in [0.5, 0.6) is 0 Å². The Morgan fingerprint density at radius 3 is 2.72 bits per heavy atom. The zero-order chi connectivity index (χ0) is 13.5. The summed E-state index contributed by atoms with van der Waals surface area (Å²) in [5.74, 6) is -0.644. The van der Waals surface area contributed by atoms with E-state index in [9.17, 15) is 9.59 Å². The van der Waals surface area contributed by atoms with Crippen LogP contribution in [0.1, 0.15) is 25.6 Å². The van der Waals surface area contributed by atoms with Crippen LogP contribution in [0.15, 0.2) is 5.16 Å². The van der Waals surface area contributed by atoms with Crippen molar-refractivity contribution in [1.29, 1.82) is 0 Å². The molecule has 18 heavy (non-hydrogen) atoms. The normalized spacial score (nSPS) is 10.5. The third kappa shape index (κ3) is 4.36. The number of carbonyl (C=O) groups excluding carboxylic acids is 1. The van der Waals surface area contributed by atoms with Gasteiger partial charge in [0, 0.05) is 19.4 Å². The van der Waals surface area contributed by atoms with Crippen molar-refractivity contribution in [1.82, 2.24) is 14.8 Å². The number of aliphatic carboxylic acids is 1. The maximum Gasteiger partial charge on any atom is 0.313 e. The SMILES string of the molecule is CCCc1nnc(SCC(=O)O)n1CCC(N)=O. The molecule has 7 nitrogen and oxygen atoms in total. The molecule has 1 amide bonds. The smallest absolute Gasteiger partial charge is 0.313 e. The maximum absolute atomic E-state index is 10.8. The monoisotopic (exact) mass is 272 g/mol. The quantitative estimate of drug-likeness (QED) is 0.658. The van der Waals surface area contributed by atoms with Crippen LogP contribution < -0.4 is 5.73 Å². The lowest BCUT2D eigenvalue weighted by atomic mass is 10.3. The van der Waals surface area contributed by atoms with Crippen molar-refractivity contribution in [2.75, 3.05) is 5.75 Å². The standard InChI is InChI=1S/C10H16N4O3S/c1-2-3-8-12-13-10(18-6-9(16)17)14(8)5-4-7(11)15/h2-6H2,1H3,(H2,11,15)(H,16,17). The van der Waals surface area contributed by atoms with E-state index in [-0.39, 0.29) is 12.2 Å². The lowest BCUT2D eigenvalue weighted by Crippen LogP contribution is -2.16. The van der Waals surface area contributed by atoms with E-state index in [1.165, 1.54) is 0 Å². The Morgan fingerprint density at radius 2 is 2.17 bits per heavy atom. The average molecular weight is 272 g/mol. The first-order valence-electron chi connectivity index (χ1n) is 5.59. The Bertz CT molecular complexity index is 433. The number of carboxylic acids is 1. The molecule has 0 aliphatic rings. The lowest BCUT2D eigenvalue weighted by molar-refractivity contribution is -0.134. The molecule has 1 aromatic rings. The van der Waals surface area contributed by atoms with Crippen molar-refractivity contribution in [2.45, 2.75) is 37.9 Å². The molecule has 0 spiro atoms. The van der Waals surface area contributed by atoms with Gasteiger partial charge in [0.2, 0.25) is 5.91 Å². The maximum atomic E-state index is 10.8. The molecule has 0 aromatic carbocycles. The molecular weight excluding hydrogens is 256 g/mol. The van der Waals surface area contributed by atoms with Gasteiger partial charge in [0.05, 0.1) is 5.75 Å². The fraction of sp³-hybridized carbons (Fsp3) is 0.600. The number of hydrogen-bond donors (Lipinski definition) is 2. The van der Waals surface area contributed by atoms with Crippen LogP contribution in [0.25, 0.3) is 0 Å². The molecule has 0 aliphatic heterocycles. The third-order valence-electron chi connectivity index (χ3n) is 2.17. The van der Waals surface area contributed by atoms with Gasteiger partial charge in [-0.15, -0.1) is 10.2 Å². The van der Waals surface area contributed by atoms with E-state index in [4.69, 9.17) is 10.8 Å². The van der Waals surface area contributed by atoms with Crippen LogP contribution in [-0.4, -0.2) is 37.5 Å². The lowest BCUT2D eigenvalue weighted by Gasteiger charge is -2.07. The molecule has 0 radical (unpaired) electrons. The van der Waals surface area contributed by atoms with E-state index in [2.05, 4.69) is 10.2 Å². The molecule has 0 aliphatic carbocycles. The molecule has 1 rings (SSSR count). The number of primary amides is 1. The molecule has 0 unspecified atom stereocenters. The molecule has 3 N–H and O–H groups in total. The van der Waals surface area contributed by atoms with Crippen LogP contribution in [-0.2, 0) is 22.6 Å². The van der Waals surface area contributed by atoms with Crippen LogP contribution in [0.3, 0.4) is 0 Å². The van der Waals surface area contributed by atoms with E-state index in [1.807, 2.05) is 6.92 Å². The van der Waals surface area contributed by atoms with Gasteiger partial charge in [-0.05, 0) is 6.42 Å². The topological polar surface area (TPSA) is 111 Å². The van der Waals surface area contributed by atoms with Gasteiger partial charge in [0.15, 0.2) is 5.16 Å². The number of nitrogens with two attached hydrogens (primary N) is 1. The summed E-state index contributed by atoms with van der Waals surface area (Å²) in [5, 5.41) is 17.1. The summed E-state index contributed by atoms with van der Waals surface area (Å²) in [7, 11) is 0. The highest BCUT2D eigenvalue weighted by atomic mass is 32.2. The minimum atomic E-state index is -0.915. The Balaban J connectivity index is 2.80. The van der Waals surface area contributed by atoms with Gasteiger partial charge < -0.3 is 15.4 Å². The second-order valence-electron chi connectivity index (χ2n) is 3.70. The van der Waals surface area contributed by atoms with E-state index in [0.717, 1.165) is 30.4 Å². The highest BCUT2D eigenvalue weighted by Crippen LogP contribution is 2.18. The molecule has 0 bridgehead atoms. The second-order valence-corrected chi connectivity index (χ2v) is 4.64. The van der Waals surface area contributed by atoms with Crippen LogP contribution in [0.2, 0.25) is 0 Å². The molecule has 0 atom stereocenters. The summed E-state index contributed by atoms with van der Waals surface area (Å²) >= 11 is 1.09. The molecule has 0 fully saturated rings. The van der Waals surface area contributed by atoms with Crippen LogP contribution >= 0.6 is 11.8 Å². The number of amides is 1. The van der Waals surface area contributed by atoms with Gasteiger partial charge in [0.25, 0.3) is 0 Å². The molecular formula is C10H16N4O3S. The minimum absolute atomic E-state index is 0.0825. The third-order valence-corrected chi connectivity index (χ3v) is 3.13. The summed E-state index contributed by atoms with van der Waals surface area (Å²) in [6.07, 6.45) is 1.83. The molecule has 8 heteroatoms. The first-order chi connectivity index (χ1) is 8.54. The van der Waals surface area contributed by atoms with Crippen molar-refractivity contribution in [3.63, 3.8) is 0 Å². The van der Waals surface area contributed by atoms with Crippen molar-refractivity contribution in [3.05, 3.63) is 5.82 Å². The van der Waals surface area contributed by atoms with Crippen molar-refractivity contribution < 1.29 is 14.7 Å². The van der Waals surface area contributed by atoms with E-state index in [1.54, 1.807) is 4.57 Å². The zero-order valence-electron chi connectivity index (χ0n) is 10.1. The Labute approximate surface area is 109 Å². The summed E-state index contributed by atoms with van der Waals surface area (Å²) in [5.41, 5.74) is 5.11. The largest absolute Gasteiger partial charge is 0.481 e. The van der Waals surface area contributed by atoms with Gasteiger partial charge in [-0.3, -0.25) is 9.59 Å². The highest BCUT2D eigenvalue weighted by molar-refractivity contribution is 7.99. The van der Waals surface area contributed by atoms with E-state index in [0.29, 0.717) is 11.7 Å². The molecule has 0 saturated carbocycles. The number of aryl methyl sites for hydroxylation is 1. The van der Waals surface area contributed by atoms with Gasteiger partial charge in [-0.2, -0.15) is 0 Å². The number of rotatable bonds is 8. The average Bonchev–Trinajstić information content (AvgIpc) is 2.66. The van der Waals surface area contributed by atoms with Crippen molar-refractivity contribution in [2.24, 2.45) is 5.73 Å². The van der Waals surface area contributed by atoms with Gasteiger partial charge in [-0.1, -0.05) is 18.7 Å². The number of thioether (sulfide) groups is 1. The second kappa shape index (κ2) is 7.00. The van der Waals surface area contributed by atoms with Gasteiger partial charge in [-0.25, -0.2) is 0 Å². The number of nitrogens with zero attached hydrogens (tertiary/aromatic N) is 3. The number of carbonyl (C=O) groups is 2. The summed E-state index contributed by atoms with van der Waals surface area (Å²) in [6.45, 7) is 2.40. The van der Waals surface area contributed by atoms with Crippen LogP contribution in [0.4, 0.5) is 0 Å². The Kier molecular flexibility index (Phi) is 5.63. The van der Waals surface area contributed by atoms with Crippen LogP contribution in [0, 0.1) is 0 Å². The fourth-order valence-electron chi connectivity index (χ4n) is 1.41. The van der Waals surface area contributed by atoms with Gasteiger partial charge in [0.1, 0.15) is 5.82 Å². The highest BCUT2D eigenvalue weighted by Gasteiger charge is 2.13. The number of hydrogen-bond acceptors (Lipinski definition) is 5. The van der Waals surface area contributed by atoms with E-state index >= 15 is 0 Å². The molecule has 1 aromatic heterocycles. The molecule has 100 valence electrons. The Morgan fingerprint density at radius 1 is 1.44 bits per heavy atom. The molecule has 0 saturated heterocycles. The number of carboxylic acid groups (broad SMARTS) is 1. The predicted octanol–water partition coefficient (Wildman–Crippen LogP) is 0.283. The fourth-order valence-corrected chi connectivity index (χ4v) is 2.11. The van der Waals surface area contributed by atoms with E-state index < -0.39 is 11.9 Å². The zero-order valence-corrected chi connectivity index (χ0v) is 10.9. The van der Waals surface area contributed by atoms with Gasteiger partial charge >= 0.3 is 5.97 Å². The van der Waals surface area contributed by atoms with Crippen molar-refractivity contribution in [3.8, 4) is 0 Å². The first kappa shape index (κ1) is 14.5. The van der Waals surface area contributed by atoms with Crippen molar-refractivity contribution >= 4 is 23.6 Å². The Hall–Kier alpha value is -1.57. The minimum Gasteiger partial charge on any atom is -0.481 e. The molecule has 1 heterocycles. The summed E-state index contributed by atoms with van der Waals surface area (Å²) < 4.78 is 1.77. The first-order valence-corrected chi connectivity index (χ1v) is 6.58. The predicted molar refractivity (Wildman–Crippen MR) is 66.2 cm³/mol. The summed E-state index contributed by atoms with van der Waals surface area (Å²) in [4.78, 5) is 21.3. The number of aromatic nitrogens is 3. The summed E-state index contributed by atoms with van der Waals surface area (Å²) in [6, 6.07) is 0.